The van der Waals surface area contributed by atoms with Crippen molar-refractivity contribution in [1.82, 2.24) is 10.0 Å². The molecule has 0 radical (unpaired) electrons. The Hall–Kier alpha value is -0.160. The summed E-state index contributed by atoms with van der Waals surface area (Å²) in [4.78, 5) is 0. The van der Waals surface area contributed by atoms with Crippen LogP contribution in [-0.4, -0.2) is 57.6 Å². The van der Waals surface area contributed by atoms with E-state index in [2.05, 4.69) is 37.7 Å². The number of rotatable bonds is 1. The summed E-state index contributed by atoms with van der Waals surface area (Å²) < 4.78 is 0. The van der Waals surface area contributed by atoms with Crippen LogP contribution in [0, 0.1) is 5.41 Å². The highest BCUT2D eigenvalue weighted by Gasteiger charge is 2.51. The van der Waals surface area contributed by atoms with Crippen LogP contribution in [0.5, 0.6) is 0 Å². The Bertz CT molecular complexity index is 296. The van der Waals surface area contributed by atoms with Gasteiger partial charge < -0.3 is 10.2 Å². The highest BCUT2D eigenvalue weighted by molar-refractivity contribution is 5.02. The Morgan fingerprint density at radius 2 is 1.44 bits per heavy atom. The average Bonchev–Trinajstić information content (AvgIpc) is 2.29. The van der Waals surface area contributed by atoms with E-state index in [-0.39, 0.29) is 23.2 Å². The van der Waals surface area contributed by atoms with E-state index in [1.54, 1.807) is 0 Å². The minimum Gasteiger partial charge on any atom is -0.393 e. The molecule has 0 spiro atoms. The van der Waals surface area contributed by atoms with Crippen molar-refractivity contribution >= 4 is 0 Å². The molecular formula is C14H28N2O2. The zero-order valence-electron chi connectivity index (χ0n) is 12.2. The normalized spacial score (nSPS) is 34.7. The quantitative estimate of drug-likeness (QED) is 0.741. The molecule has 2 saturated heterocycles. The van der Waals surface area contributed by atoms with Crippen molar-refractivity contribution in [3.63, 3.8) is 0 Å². The Balaban J connectivity index is 2.13. The third-order valence-electron chi connectivity index (χ3n) is 5.45. The van der Waals surface area contributed by atoms with Gasteiger partial charge in [0.05, 0.1) is 12.2 Å². The van der Waals surface area contributed by atoms with Crippen LogP contribution in [0.4, 0.5) is 0 Å². The second-order valence-corrected chi connectivity index (χ2v) is 6.89. The molecule has 2 rings (SSSR count). The van der Waals surface area contributed by atoms with Gasteiger partial charge in [-0.05, 0) is 33.1 Å². The Morgan fingerprint density at radius 3 is 2.00 bits per heavy atom. The third-order valence-corrected chi connectivity index (χ3v) is 5.45. The lowest BCUT2D eigenvalue weighted by atomic mass is 9.66. The first-order valence-electron chi connectivity index (χ1n) is 7.15. The number of hydrogen-bond donors (Lipinski definition) is 2. The topological polar surface area (TPSA) is 46.9 Å². The van der Waals surface area contributed by atoms with Crippen LogP contribution >= 0.6 is 0 Å². The molecule has 2 fully saturated rings. The molecule has 2 heterocycles. The molecular weight excluding hydrogens is 228 g/mol. The zero-order valence-corrected chi connectivity index (χ0v) is 12.2. The van der Waals surface area contributed by atoms with Gasteiger partial charge in [-0.15, -0.1) is 0 Å². The maximum atomic E-state index is 10.2. The molecule has 2 N–H and O–H groups in total. The van der Waals surface area contributed by atoms with E-state index in [0.29, 0.717) is 0 Å². The number of nitrogens with zero attached hydrogens (tertiary/aromatic N) is 2. The molecule has 1 atom stereocenters. The highest BCUT2D eigenvalue weighted by Crippen LogP contribution is 2.44. The van der Waals surface area contributed by atoms with Gasteiger partial charge in [0, 0.05) is 30.6 Å². The zero-order chi connectivity index (χ0) is 13.6. The fraction of sp³-hybridized carbons (Fsp3) is 1.00. The largest absolute Gasteiger partial charge is 0.393 e. The predicted molar refractivity (Wildman–Crippen MR) is 72.0 cm³/mol. The van der Waals surface area contributed by atoms with E-state index >= 15 is 0 Å². The summed E-state index contributed by atoms with van der Waals surface area (Å²) in [5, 5.41) is 24.7. The maximum Gasteiger partial charge on any atom is 0.0621 e. The fourth-order valence-electron chi connectivity index (χ4n) is 3.21. The molecule has 0 aromatic carbocycles. The van der Waals surface area contributed by atoms with E-state index in [4.69, 9.17) is 0 Å². The van der Waals surface area contributed by atoms with Gasteiger partial charge in [-0.2, -0.15) is 0 Å². The minimum absolute atomic E-state index is 0.0625. The molecule has 1 unspecified atom stereocenters. The summed E-state index contributed by atoms with van der Waals surface area (Å²) in [6, 6.07) is 0. The first-order chi connectivity index (χ1) is 8.26. The summed E-state index contributed by atoms with van der Waals surface area (Å²) in [5.74, 6) is 0. The Labute approximate surface area is 111 Å². The Kier molecular flexibility index (Phi) is 3.76. The van der Waals surface area contributed by atoms with E-state index in [9.17, 15) is 10.2 Å². The standard InChI is InChI=1S/C14H28N2O2/c1-13(2)12(18)7-10-16(14(13,3)4)15-8-5-11(17)6-9-15/h11-12,17-18H,5-10H2,1-4H3. The third kappa shape index (κ3) is 2.20. The molecule has 0 amide bonds. The van der Waals surface area contributed by atoms with Gasteiger partial charge in [-0.1, -0.05) is 13.8 Å². The lowest BCUT2D eigenvalue weighted by molar-refractivity contribution is -0.209. The molecule has 0 aromatic heterocycles. The first kappa shape index (κ1) is 14.3. The minimum atomic E-state index is -0.237. The summed E-state index contributed by atoms with van der Waals surface area (Å²) in [5.41, 5.74) is -0.186. The number of hydrogen-bond acceptors (Lipinski definition) is 4. The van der Waals surface area contributed by atoms with E-state index < -0.39 is 0 Å². The number of aliphatic hydroxyl groups excluding tert-OH is 2. The summed E-state index contributed by atoms with van der Waals surface area (Å²) in [6.07, 6.45) is 2.17. The van der Waals surface area contributed by atoms with Crippen LogP contribution < -0.4 is 0 Å². The number of hydrazine groups is 1. The van der Waals surface area contributed by atoms with Crippen molar-refractivity contribution in [3.05, 3.63) is 0 Å². The molecule has 2 aliphatic heterocycles. The first-order valence-corrected chi connectivity index (χ1v) is 7.15. The van der Waals surface area contributed by atoms with Gasteiger partial charge in [0.25, 0.3) is 0 Å². The summed E-state index contributed by atoms with van der Waals surface area (Å²) in [7, 11) is 0. The van der Waals surface area contributed by atoms with Gasteiger partial charge in [0.15, 0.2) is 0 Å². The number of piperidine rings is 2. The monoisotopic (exact) mass is 256 g/mol. The SMILES string of the molecule is CC1(C)C(O)CCN(N2CCC(O)CC2)C1(C)C. The van der Waals surface area contributed by atoms with E-state index in [0.717, 1.165) is 38.9 Å². The lowest BCUT2D eigenvalue weighted by Crippen LogP contribution is -2.68. The number of aliphatic hydroxyl groups is 2. The molecule has 0 saturated carbocycles. The second kappa shape index (κ2) is 4.75. The van der Waals surface area contributed by atoms with E-state index in [1.807, 2.05) is 0 Å². The molecule has 106 valence electrons. The summed E-state index contributed by atoms with van der Waals surface area (Å²) >= 11 is 0. The van der Waals surface area contributed by atoms with Gasteiger partial charge in [-0.3, -0.25) is 0 Å². The van der Waals surface area contributed by atoms with Crippen molar-refractivity contribution in [2.45, 2.75) is 64.7 Å². The molecule has 0 aromatic rings. The van der Waals surface area contributed by atoms with Crippen LogP contribution in [0.1, 0.15) is 47.0 Å². The molecule has 4 heteroatoms. The van der Waals surface area contributed by atoms with Gasteiger partial charge in [0.1, 0.15) is 0 Å². The van der Waals surface area contributed by atoms with Crippen molar-refractivity contribution < 1.29 is 10.2 Å². The van der Waals surface area contributed by atoms with Gasteiger partial charge in [-0.25, -0.2) is 10.0 Å². The predicted octanol–water partition coefficient (Wildman–Crippen LogP) is 1.23. The molecule has 2 aliphatic rings. The molecule has 0 bridgehead atoms. The van der Waals surface area contributed by atoms with Crippen LogP contribution in [0.25, 0.3) is 0 Å². The van der Waals surface area contributed by atoms with Crippen molar-refractivity contribution in [3.8, 4) is 0 Å². The van der Waals surface area contributed by atoms with E-state index in [1.165, 1.54) is 0 Å². The van der Waals surface area contributed by atoms with Crippen molar-refractivity contribution in [2.75, 3.05) is 19.6 Å². The van der Waals surface area contributed by atoms with Crippen LogP contribution in [0.3, 0.4) is 0 Å². The summed E-state index contributed by atoms with van der Waals surface area (Å²) in [6.45, 7) is 11.5. The molecule has 4 nitrogen and oxygen atoms in total. The second-order valence-electron chi connectivity index (χ2n) is 6.89. The lowest BCUT2D eigenvalue weighted by Gasteiger charge is -2.59. The van der Waals surface area contributed by atoms with Crippen molar-refractivity contribution in [2.24, 2.45) is 5.41 Å². The fourth-order valence-corrected chi connectivity index (χ4v) is 3.21. The molecule has 18 heavy (non-hydrogen) atoms. The van der Waals surface area contributed by atoms with Crippen LogP contribution in [0.15, 0.2) is 0 Å². The van der Waals surface area contributed by atoms with Crippen molar-refractivity contribution in [1.29, 1.82) is 0 Å². The average molecular weight is 256 g/mol. The maximum absolute atomic E-state index is 10.2. The van der Waals surface area contributed by atoms with Gasteiger partial charge in [0.2, 0.25) is 0 Å². The molecule has 0 aliphatic carbocycles. The smallest absolute Gasteiger partial charge is 0.0621 e. The van der Waals surface area contributed by atoms with Gasteiger partial charge >= 0.3 is 0 Å². The highest BCUT2D eigenvalue weighted by atomic mass is 16.3. The Morgan fingerprint density at radius 1 is 0.889 bits per heavy atom. The van der Waals surface area contributed by atoms with Crippen LogP contribution in [-0.2, 0) is 0 Å². The van der Waals surface area contributed by atoms with Crippen LogP contribution in [0.2, 0.25) is 0 Å².